The zero-order chi connectivity index (χ0) is 7.40. The molecule has 0 fully saturated rings. The number of aryl methyl sites for hydroxylation is 1. The first-order valence-corrected chi connectivity index (χ1v) is 3.48. The van der Waals surface area contributed by atoms with Crippen molar-refractivity contribution in [3.8, 4) is 0 Å². The Morgan fingerprint density at radius 1 is 1.50 bits per heavy atom. The molecule has 0 bridgehead atoms. The fourth-order valence-electron chi connectivity index (χ4n) is 0.856. The third-order valence-electron chi connectivity index (χ3n) is 1.26. The second-order valence-corrected chi connectivity index (χ2v) is 2.28. The summed E-state index contributed by atoms with van der Waals surface area (Å²) < 4.78 is 0. The van der Waals surface area contributed by atoms with Gasteiger partial charge < -0.3 is 5.32 Å². The molecule has 1 heterocycles. The van der Waals surface area contributed by atoms with E-state index >= 15 is 0 Å². The summed E-state index contributed by atoms with van der Waals surface area (Å²) in [5, 5.41) is 3.19. The van der Waals surface area contributed by atoms with Crippen molar-refractivity contribution in [2.75, 3.05) is 11.9 Å². The van der Waals surface area contributed by atoms with Gasteiger partial charge in [0.1, 0.15) is 0 Å². The molecule has 1 N–H and O–H groups in total. The lowest BCUT2D eigenvalue weighted by Crippen LogP contribution is -1.96. The zero-order valence-corrected chi connectivity index (χ0v) is 6.39. The highest BCUT2D eigenvalue weighted by Gasteiger charge is 1.88. The van der Waals surface area contributed by atoms with E-state index in [0.29, 0.717) is 0 Å². The second-order valence-electron chi connectivity index (χ2n) is 2.28. The van der Waals surface area contributed by atoms with Crippen molar-refractivity contribution in [3.63, 3.8) is 0 Å². The van der Waals surface area contributed by atoms with Crippen LogP contribution < -0.4 is 5.32 Å². The smallest absolute Gasteiger partial charge is 0.0529 e. The highest BCUT2D eigenvalue weighted by atomic mass is 14.9. The summed E-state index contributed by atoms with van der Waals surface area (Å²) in [6.07, 6.45) is 3.68. The quantitative estimate of drug-likeness (QED) is 0.670. The molecule has 0 aliphatic rings. The topological polar surface area (TPSA) is 24.9 Å². The van der Waals surface area contributed by atoms with E-state index in [4.69, 9.17) is 0 Å². The SMILES string of the molecule is CCNc1cncc(C)c1. The normalized spacial score (nSPS) is 9.40. The number of nitrogens with one attached hydrogen (secondary N) is 1. The molecule has 1 rings (SSSR count). The lowest BCUT2D eigenvalue weighted by Gasteiger charge is -2.01. The van der Waals surface area contributed by atoms with Gasteiger partial charge in [-0.25, -0.2) is 0 Å². The maximum absolute atomic E-state index is 4.04. The fraction of sp³-hybridized carbons (Fsp3) is 0.375. The van der Waals surface area contributed by atoms with Gasteiger partial charge in [0.15, 0.2) is 0 Å². The van der Waals surface area contributed by atoms with E-state index in [1.807, 2.05) is 19.3 Å². The maximum Gasteiger partial charge on any atom is 0.0529 e. The number of pyridine rings is 1. The minimum absolute atomic E-state index is 0.950. The maximum atomic E-state index is 4.04. The Morgan fingerprint density at radius 2 is 2.30 bits per heavy atom. The lowest BCUT2D eigenvalue weighted by molar-refractivity contribution is 1.18. The van der Waals surface area contributed by atoms with Crippen molar-refractivity contribution in [2.24, 2.45) is 0 Å². The Balaban J connectivity index is 2.75. The molecule has 2 nitrogen and oxygen atoms in total. The van der Waals surface area contributed by atoms with Crippen molar-refractivity contribution < 1.29 is 0 Å². The number of nitrogens with zero attached hydrogens (tertiary/aromatic N) is 1. The molecule has 0 unspecified atom stereocenters. The zero-order valence-electron chi connectivity index (χ0n) is 6.39. The van der Waals surface area contributed by atoms with Crippen LogP contribution in [0, 0.1) is 6.92 Å². The molecule has 0 aromatic carbocycles. The van der Waals surface area contributed by atoms with Gasteiger partial charge >= 0.3 is 0 Å². The Labute approximate surface area is 61.3 Å². The molecule has 0 aliphatic carbocycles. The van der Waals surface area contributed by atoms with Crippen LogP contribution in [0.25, 0.3) is 0 Å². The third-order valence-corrected chi connectivity index (χ3v) is 1.26. The minimum Gasteiger partial charge on any atom is -0.384 e. The number of hydrogen-bond acceptors (Lipinski definition) is 2. The number of aromatic nitrogens is 1. The molecular weight excluding hydrogens is 124 g/mol. The van der Waals surface area contributed by atoms with Crippen LogP contribution in [0.5, 0.6) is 0 Å². The van der Waals surface area contributed by atoms with Crippen LogP contribution in [-0.4, -0.2) is 11.5 Å². The molecule has 0 aliphatic heterocycles. The molecule has 0 atom stereocenters. The summed E-state index contributed by atoms with van der Waals surface area (Å²) in [6, 6.07) is 2.08. The van der Waals surface area contributed by atoms with Crippen LogP contribution in [-0.2, 0) is 0 Å². The summed E-state index contributed by atoms with van der Waals surface area (Å²) in [5.74, 6) is 0. The Bertz CT molecular complexity index is 208. The summed E-state index contributed by atoms with van der Waals surface area (Å²) in [6.45, 7) is 5.06. The van der Waals surface area contributed by atoms with E-state index in [1.165, 1.54) is 5.56 Å². The molecule has 0 radical (unpaired) electrons. The second kappa shape index (κ2) is 3.20. The summed E-state index contributed by atoms with van der Waals surface area (Å²) in [7, 11) is 0. The first kappa shape index (κ1) is 7.06. The average molecular weight is 136 g/mol. The average Bonchev–Trinajstić information content (AvgIpc) is 1.88. The molecule has 2 heteroatoms. The lowest BCUT2D eigenvalue weighted by atomic mass is 10.3. The molecule has 0 spiro atoms. The highest BCUT2D eigenvalue weighted by molar-refractivity contribution is 5.42. The van der Waals surface area contributed by atoms with Crippen molar-refractivity contribution in [1.29, 1.82) is 0 Å². The Morgan fingerprint density at radius 3 is 2.90 bits per heavy atom. The first-order valence-electron chi connectivity index (χ1n) is 3.48. The van der Waals surface area contributed by atoms with Gasteiger partial charge in [-0.15, -0.1) is 0 Å². The largest absolute Gasteiger partial charge is 0.384 e. The van der Waals surface area contributed by atoms with Crippen LogP contribution >= 0.6 is 0 Å². The fourth-order valence-corrected chi connectivity index (χ4v) is 0.856. The Kier molecular flexibility index (Phi) is 2.26. The molecule has 54 valence electrons. The number of rotatable bonds is 2. The monoisotopic (exact) mass is 136 g/mol. The molecule has 0 saturated heterocycles. The summed E-state index contributed by atoms with van der Waals surface area (Å²) >= 11 is 0. The third kappa shape index (κ3) is 1.72. The van der Waals surface area contributed by atoms with Gasteiger partial charge in [-0.05, 0) is 25.5 Å². The van der Waals surface area contributed by atoms with E-state index in [1.54, 1.807) is 0 Å². The minimum atomic E-state index is 0.950. The van der Waals surface area contributed by atoms with E-state index in [0.717, 1.165) is 12.2 Å². The predicted octanol–water partition coefficient (Wildman–Crippen LogP) is 1.82. The van der Waals surface area contributed by atoms with Gasteiger partial charge in [0.2, 0.25) is 0 Å². The number of anilines is 1. The molecular formula is C8H12N2. The summed E-state index contributed by atoms with van der Waals surface area (Å²) in [5.41, 5.74) is 2.29. The summed E-state index contributed by atoms with van der Waals surface area (Å²) in [4.78, 5) is 4.04. The van der Waals surface area contributed by atoms with E-state index < -0.39 is 0 Å². The van der Waals surface area contributed by atoms with Gasteiger partial charge in [0.05, 0.1) is 5.69 Å². The van der Waals surface area contributed by atoms with Gasteiger partial charge in [-0.2, -0.15) is 0 Å². The van der Waals surface area contributed by atoms with Gasteiger partial charge in [-0.3, -0.25) is 4.98 Å². The Hall–Kier alpha value is -1.05. The van der Waals surface area contributed by atoms with Crippen LogP contribution in [0.2, 0.25) is 0 Å². The van der Waals surface area contributed by atoms with Gasteiger partial charge in [0, 0.05) is 18.9 Å². The van der Waals surface area contributed by atoms with E-state index in [9.17, 15) is 0 Å². The van der Waals surface area contributed by atoms with Crippen LogP contribution in [0.1, 0.15) is 12.5 Å². The van der Waals surface area contributed by atoms with Gasteiger partial charge in [-0.1, -0.05) is 0 Å². The van der Waals surface area contributed by atoms with Crippen LogP contribution in [0.4, 0.5) is 5.69 Å². The standard InChI is InChI=1S/C8H12N2/c1-3-10-8-4-7(2)5-9-6-8/h4-6,10H,3H2,1-2H3. The first-order chi connectivity index (χ1) is 4.83. The van der Waals surface area contributed by atoms with Crippen LogP contribution in [0.3, 0.4) is 0 Å². The van der Waals surface area contributed by atoms with Crippen molar-refractivity contribution in [2.45, 2.75) is 13.8 Å². The number of hydrogen-bond donors (Lipinski definition) is 1. The molecule has 0 saturated carbocycles. The van der Waals surface area contributed by atoms with Crippen molar-refractivity contribution in [1.82, 2.24) is 4.98 Å². The molecule has 0 amide bonds. The molecule has 1 aromatic heterocycles. The molecule has 1 aromatic rings. The van der Waals surface area contributed by atoms with Crippen molar-refractivity contribution in [3.05, 3.63) is 24.0 Å². The highest BCUT2D eigenvalue weighted by Crippen LogP contribution is 2.05. The molecule has 10 heavy (non-hydrogen) atoms. The van der Waals surface area contributed by atoms with Gasteiger partial charge in [0.25, 0.3) is 0 Å². The van der Waals surface area contributed by atoms with Crippen LogP contribution in [0.15, 0.2) is 18.5 Å². The predicted molar refractivity (Wildman–Crippen MR) is 43.1 cm³/mol. The van der Waals surface area contributed by atoms with E-state index in [-0.39, 0.29) is 0 Å². The van der Waals surface area contributed by atoms with Crippen molar-refractivity contribution >= 4 is 5.69 Å². The van der Waals surface area contributed by atoms with E-state index in [2.05, 4.69) is 23.3 Å².